The van der Waals surface area contributed by atoms with Crippen molar-refractivity contribution in [3.05, 3.63) is 29.3 Å². The van der Waals surface area contributed by atoms with Crippen LogP contribution in [0, 0.1) is 5.92 Å². The second-order valence-corrected chi connectivity index (χ2v) is 5.80. The lowest BCUT2D eigenvalue weighted by atomic mass is 10.1. The average Bonchev–Trinajstić information content (AvgIpc) is 2.81. The molecule has 0 unspecified atom stereocenters. The van der Waals surface area contributed by atoms with Crippen molar-refractivity contribution in [2.45, 2.75) is 0 Å². The molecule has 1 aliphatic heterocycles. The Balaban J connectivity index is 1.82. The van der Waals surface area contributed by atoms with Crippen LogP contribution in [0.4, 0.5) is 0 Å². The maximum absolute atomic E-state index is 12.6. The fraction of sp³-hybridized carbons (Fsp3) is 0.429. The van der Waals surface area contributed by atoms with Gasteiger partial charge in [-0.2, -0.15) is 0 Å². The number of carbonyl (C=O) groups is 1. The molecule has 5 nitrogen and oxygen atoms in total. The first-order valence-corrected chi connectivity index (χ1v) is 7.47. The number of benzene rings is 1. The zero-order valence-electron chi connectivity index (χ0n) is 11.0. The summed E-state index contributed by atoms with van der Waals surface area (Å²) in [5, 5.41) is 9.28. The number of aliphatic hydroxyl groups is 1. The molecule has 0 aliphatic carbocycles. The van der Waals surface area contributed by atoms with Crippen LogP contribution >= 0.6 is 11.3 Å². The monoisotopic (exact) mass is 292 g/mol. The Morgan fingerprint density at radius 2 is 2.45 bits per heavy atom. The molecule has 0 bridgehead atoms. The fourth-order valence-corrected chi connectivity index (χ4v) is 3.06. The first-order chi connectivity index (χ1) is 9.78. The van der Waals surface area contributed by atoms with Gasteiger partial charge in [-0.15, -0.1) is 11.3 Å². The lowest BCUT2D eigenvalue weighted by molar-refractivity contribution is 0.0728. The van der Waals surface area contributed by atoms with Crippen LogP contribution in [-0.2, 0) is 4.74 Å². The van der Waals surface area contributed by atoms with Crippen molar-refractivity contribution in [2.24, 2.45) is 5.92 Å². The minimum absolute atomic E-state index is 0.00594. The van der Waals surface area contributed by atoms with Crippen molar-refractivity contribution in [3.63, 3.8) is 0 Å². The van der Waals surface area contributed by atoms with Gasteiger partial charge in [-0.05, 0) is 18.2 Å². The second kappa shape index (κ2) is 5.87. The minimum atomic E-state index is -0.00995. The zero-order chi connectivity index (χ0) is 13.9. The number of aliphatic hydroxyl groups excluding tert-OH is 1. The van der Waals surface area contributed by atoms with Gasteiger partial charge in [0.15, 0.2) is 0 Å². The molecule has 106 valence electrons. The number of thiazole rings is 1. The van der Waals surface area contributed by atoms with E-state index in [9.17, 15) is 9.90 Å². The molecule has 3 rings (SSSR count). The van der Waals surface area contributed by atoms with Gasteiger partial charge in [0.2, 0.25) is 0 Å². The van der Waals surface area contributed by atoms with Crippen molar-refractivity contribution >= 4 is 27.5 Å². The van der Waals surface area contributed by atoms with E-state index in [0.29, 0.717) is 31.9 Å². The Labute approximate surface area is 120 Å². The van der Waals surface area contributed by atoms with E-state index in [-0.39, 0.29) is 18.4 Å². The van der Waals surface area contributed by atoms with E-state index in [0.717, 1.165) is 10.2 Å². The molecule has 0 saturated carbocycles. The number of ether oxygens (including phenoxy) is 1. The average molecular weight is 292 g/mol. The van der Waals surface area contributed by atoms with Gasteiger partial charge in [0.25, 0.3) is 5.91 Å². The molecular weight excluding hydrogens is 276 g/mol. The van der Waals surface area contributed by atoms with Crippen LogP contribution in [0.15, 0.2) is 23.7 Å². The number of amides is 1. The molecule has 2 heterocycles. The predicted molar refractivity (Wildman–Crippen MR) is 76.9 cm³/mol. The van der Waals surface area contributed by atoms with Crippen LogP contribution in [0.5, 0.6) is 0 Å². The Morgan fingerprint density at radius 3 is 3.30 bits per heavy atom. The summed E-state index contributed by atoms with van der Waals surface area (Å²) in [6.45, 7) is 2.17. The summed E-state index contributed by atoms with van der Waals surface area (Å²) < 4.78 is 6.42. The first kappa shape index (κ1) is 13.5. The predicted octanol–water partition coefficient (Wildman–Crippen LogP) is 1.38. The lowest BCUT2D eigenvalue weighted by Crippen LogP contribution is -2.36. The third-order valence-electron chi connectivity index (χ3n) is 3.46. The molecule has 0 spiro atoms. The van der Waals surface area contributed by atoms with Crippen molar-refractivity contribution in [3.8, 4) is 0 Å². The van der Waals surface area contributed by atoms with E-state index in [1.807, 2.05) is 18.2 Å². The summed E-state index contributed by atoms with van der Waals surface area (Å²) >= 11 is 1.53. The van der Waals surface area contributed by atoms with Gasteiger partial charge >= 0.3 is 0 Å². The van der Waals surface area contributed by atoms with Crippen molar-refractivity contribution in [1.82, 2.24) is 9.88 Å². The number of nitrogens with zero attached hydrogens (tertiary/aromatic N) is 2. The van der Waals surface area contributed by atoms with Gasteiger partial charge < -0.3 is 14.7 Å². The minimum Gasteiger partial charge on any atom is -0.396 e. The van der Waals surface area contributed by atoms with Gasteiger partial charge in [0, 0.05) is 31.2 Å². The standard InChI is InChI=1S/C14H16N2O3S/c17-7-10-6-16(3-4-19-8-10)14(18)11-1-2-12-13(5-11)20-9-15-12/h1-2,5,9-10,17H,3-4,6-8H2/t10-/m0/s1. The number of hydrogen-bond donors (Lipinski definition) is 1. The van der Waals surface area contributed by atoms with Gasteiger partial charge in [0.05, 0.1) is 28.9 Å². The molecule has 1 fully saturated rings. The maximum atomic E-state index is 12.6. The summed E-state index contributed by atoms with van der Waals surface area (Å²) in [4.78, 5) is 18.5. The number of rotatable bonds is 2. The van der Waals surface area contributed by atoms with Gasteiger partial charge in [-0.3, -0.25) is 4.79 Å². The van der Waals surface area contributed by atoms with Gasteiger partial charge in [0.1, 0.15) is 0 Å². The van der Waals surface area contributed by atoms with Crippen molar-refractivity contribution in [1.29, 1.82) is 0 Å². The van der Waals surface area contributed by atoms with E-state index >= 15 is 0 Å². The van der Waals surface area contributed by atoms with E-state index in [1.54, 1.807) is 10.4 Å². The third-order valence-corrected chi connectivity index (χ3v) is 4.25. The maximum Gasteiger partial charge on any atom is 0.253 e. The Morgan fingerprint density at radius 1 is 1.55 bits per heavy atom. The molecule has 1 amide bonds. The largest absolute Gasteiger partial charge is 0.396 e. The first-order valence-electron chi connectivity index (χ1n) is 6.59. The molecule has 1 atom stereocenters. The van der Waals surface area contributed by atoms with Crippen LogP contribution in [0.1, 0.15) is 10.4 Å². The summed E-state index contributed by atoms with van der Waals surface area (Å²) in [6, 6.07) is 5.57. The smallest absolute Gasteiger partial charge is 0.253 e. The molecule has 20 heavy (non-hydrogen) atoms. The molecule has 1 N–H and O–H groups in total. The SMILES string of the molecule is O=C(c1ccc2ncsc2c1)N1CCOC[C@H](CO)C1. The van der Waals surface area contributed by atoms with Crippen molar-refractivity contribution in [2.75, 3.05) is 32.9 Å². The molecular formula is C14H16N2O3S. The molecule has 1 aromatic carbocycles. The number of aromatic nitrogens is 1. The summed E-state index contributed by atoms with van der Waals surface area (Å²) in [5.74, 6) is -0.0159. The topological polar surface area (TPSA) is 62.7 Å². The van der Waals surface area contributed by atoms with Gasteiger partial charge in [-0.25, -0.2) is 4.98 Å². The number of hydrogen-bond acceptors (Lipinski definition) is 5. The Kier molecular flexibility index (Phi) is 3.95. The highest BCUT2D eigenvalue weighted by atomic mass is 32.1. The van der Waals surface area contributed by atoms with E-state index in [1.165, 1.54) is 11.3 Å². The number of carbonyl (C=O) groups excluding carboxylic acids is 1. The summed E-state index contributed by atoms with van der Waals surface area (Å²) in [6.07, 6.45) is 0. The Bertz CT molecular complexity index is 613. The van der Waals surface area contributed by atoms with E-state index < -0.39 is 0 Å². The van der Waals surface area contributed by atoms with Crippen LogP contribution < -0.4 is 0 Å². The molecule has 6 heteroatoms. The number of fused-ring (bicyclic) bond motifs is 1. The zero-order valence-corrected chi connectivity index (χ0v) is 11.8. The molecule has 1 saturated heterocycles. The van der Waals surface area contributed by atoms with Crippen LogP contribution in [0.25, 0.3) is 10.2 Å². The normalized spacial score (nSPS) is 20.1. The van der Waals surface area contributed by atoms with Crippen LogP contribution in [0.3, 0.4) is 0 Å². The van der Waals surface area contributed by atoms with E-state index in [4.69, 9.17) is 4.74 Å². The fourth-order valence-electron chi connectivity index (χ4n) is 2.35. The third kappa shape index (κ3) is 2.67. The highest BCUT2D eigenvalue weighted by Gasteiger charge is 2.23. The lowest BCUT2D eigenvalue weighted by Gasteiger charge is -2.22. The highest BCUT2D eigenvalue weighted by molar-refractivity contribution is 7.16. The quantitative estimate of drug-likeness (QED) is 0.908. The van der Waals surface area contributed by atoms with Gasteiger partial charge in [-0.1, -0.05) is 0 Å². The Hall–Kier alpha value is -1.50. The van der Waals surface area contributed by atoms with Crippen LogP contribution in [-0.4, -0.2) is 53.8 Å². The second-order valence-electron chi connectivity index (χ2n) is 4.91. The highest BCUT2D eigenvalue weighted by Crippen LogP contribution is 2.20. The molecule has 1 aromatic heterocycles. The molecule has 2 aromatic rings. The summed E-state index contributed by atoms with van der Waals surface area (Å²) in [7, 11) is 0. The van der Waals surface area contributed by atoms with Crippen molar-refractivity contribution < 1.29 is 14.6 Å². The molecule has 0 radical (unpaired) electrons. The summed E-state index contributed by atoms with van der Waals surface area (Å²) in [5.41, 5.74) is 3.36. The van der Waals surface area contributed by atoms with E-state index in [2.05, 4.69) is 4.98 Å². The molecule has 1 aliphatic rings. The van der Waals surface area contributed by atoms with Crippen LogP contribution in [0.2, 0.25) is 0 Å².